The molecule has 0 aromatic heterocycles. The second-order valence-electron chi connectivity index (χ2n) is 1.86. The molecule has 0 heterocycles. The van der Waals surface area contributed by atoms with E-state index in [2.05, 4.69) is 6.07 Å². The number of hydrogen-bond acceptors (Lipinski definition) is 2. The molecule has 2 atom stereocenters. The van der Waals surface area contributed by atoms with Crippen LogP contribution in [-0.2, 0) is 4.74 Å². The van der Waals surface area contributed by atoms with E-state index in [9.17, 15) is 0 Å². The molecular weight excluding hydrogens is 102 g/mol. The average Bonchev–Trinajstić information content (AvgIpc) is 1.84. The summed E-state index contributed by atoms with van der Waals surface area (Å²) in [5, 5.41) is 8.31. The molecule has 0 spiro atoms. The fourth-order valence-corrected chi connectivity index (χ4v) is 0.309. The predicted octanol–water partition coefficient (Wildman–Crippen LogP) is 1.18. The minimum Gasteiger partial charge on any atom is -0.380 e. The molecule has 8 heavy (non-hydrogen) atoms. The Hall–Kier alpha value is -0.550. The molecule has 46 valence electrons. The van der Waals surface area contributed by atoms with Crippen molar-refractivity contribution in [3.05, 3.63) is 0 Å². The van der Waals surface area contributed by atoms with E-state index in [4.69, 9.17) is 10.00 Å². The number of nitriles is 1. The molecule has 0 saturated heterocycles. The Kier molecular flexibility index (Phi) is 3.21. The fourth-order valence-electron chi connectivity index (χ4n) is 0.309. The summed E-state index contributed by atoms with van der Waals surface area (Å²) in [5.41, 5.74) is 0. The highest BCUT2D eigenvalue weighted by molar-refractivity contribution is 4.82. The maximum atomic E-state index is 8.31. The van der Waals surface area contributed by atoms with Crippen molar-refractivity contribution in [1.82, 2.24) is 0 Å². The number of rotatable bonds is 2. The van der Waals surface area contributed by atoms with E-state index in [0.717, 1.165) is 0 Å². The van der Waals surface area contributed by atoms with Gasteiger partial charge in [-0.15, -0.1) is 0 Å². The van der Waals surface area contributed by atoms with Gasteiger partial charge in [-0.25, -0.2) is 0 Å². The van der Waals surface area contributed by atoms with Crippen molar-refractivity contribution in [3.63, 3.8) is 0 Å². The molecule has 0 saturated carbocycles. The fraction of sp³-hybridized carbons (Fsp3) is 0.833. The number of methoxy groups -OCH3 is 1. The summed E-state index contributed by atoms with van der Waals surface area (Å²) in [6.45, 7) is 3.72. The number of hydrogen-bond donors (Lipinski definition) is 0. The van der Waals surface area contributed by atoms with Crippen LogP contribution in [0.3, 0.4) is 0 Å². The molecule has 0 amide bonds. The van der Waals surface area contributed by atoms with Gasteiger partial charge in [0.2, 0.25) is 0 Å². The minimum absolute atomic E-state index is 0.000000000000000222. The molecular formula is C6H11NO. The maximum Gasteiger partial charge on any atom is 0.0698 e. The van der Waals surface area contributed by atoms with Crippen molar-refractivity contribution >= 4 is 0 Å². The minimum atomic E-state index is -0.000000000000000222. The lowest BCUT2D eigenvalue weighted by atomic mass is 10.1. The monoisotopic (exact) mass is 113 g/mol. The Morgan fingerprint density at radius 3 is 2.12 bits per heavy atom. The Morgan fingerprint density at radius 1 is 1.50 bits per heavy atom. The molecule has 0 rings (SSSR count). The predicted molar refractivity (Wildman–Crippen MR) is 31.2 cm³/mol. The summed E-state index contributed by atoms with van der Waals surface area (Å²) in [7, 11) is 1.61. The Balaban J connectivity index is 3.49. The van der Waals surface area contributed by atoms with E-state index >= 15 is 0 Å². The molecule has 0 aliphatic carbocycles. The van der Waals surface area contributed by atoms with Gasteiger partial charge < -0.3 is 4.74 Å². The number of ether oxygens (including phenoxy) is 1. The first-order chi connectivity index (χ1) is 3.72. The van der Waals surface area contributed by atoms with Crippen LogP contribution in [0.15, 0.2) is 0 Å². The van der Waals surface area contributed by atoms with E-state index in [1.165, 1.54) is 0 Å². The molecule has 2 heteroatoms. The first kappa shape index (κ1) is 7.45. The van der Waals surface area contributed by atoms with Crippen molar-refractivity contribution in [2.45, 2.75) is 20.0 Å². The topological polar surface area (TPSA) is 33.0 Å². The third-order valence-corrected chi connectivity index (χ3v) is 1.28. The van der Waals surface area contributed by atoms with Gasteiger partial charge in [0.1, 0.15) is 0 Å². The van der Waals surface area contributed by atoms with Crippen molar-refractivity contribution < 1.29 is 4.74 Å². The summed E-state index contributed by atoms with van der Waals surface area (Å²) in [6.07, 6.45) is 0.0556. The van der Waals surface area contributed by atoms with Crippen LogP contribution < -0.4 is 0 Å². The van der Waals surface area contributed by atoms with Crippen molar-refractivity contribution in [1.29, 1.82) is 5.26 Å². The first-order valence-corrected chi connectivity index (χ1v) is 2.64. The second kappa shape index (κ2) is 3.45. The van der Waals surface area contributed by atoms with Gasteiger partial charge in [0.15, 0.2) is 0 Å². The third kappa shape index (κ3) is 1.94. The van der Waals surface area contributed by atoms with Crippen LogP contribution in [0.4, 0.5) is 0 Å². The third-order valence-electron chi connectivity index (χ3n) is 1.28. The zero-order chi connectivity index (χ0) is 6.57. The van der Waals surface area contributed by atoms with Crippen LogP contribution in [0, 0.1) is 17.2 Å². The van der Waals surface area contributed by atoms with E-state index < -0.39 is 0 Å². The molecule has 0 bridgehead atoms. The van der Waals surface area contributed by atoms with Crippen LogP contribution in [0.1, 0.15) is 13.8 Å². The van der Waals surface area contributed by atoms with E-state index in [-0.39, 0.29) is 12.0 Å². The molecule has 0 radical (unpaired) electrons. The van der Waals surface area contributed by atoms with Crippen molar-refractivity contribution in [2.75, 3.05) is 7.11 Å². The largest absolute Gasteiger partial charge is 0.380 e. The van der Waals surface area contributed by atoms with Crippen molar-refractivity contribution in [3.8, 4) is 6.07 Å². The van der Waals surface area contributed by atoms with Crippen LogP contribution >= 0.6 is 0 Å². The van der Waals surface area contributed by atoms with Gasteiger partial charge in [-0.3, -0.25) is 0 Å². The summed E-state index contributed by atoms with van der Waals surface area (Å²) in [5.74, 6) is -0.000000000000000222. The van der Waals surface area contributed by atoms with E-state index in [1.807, 2.05) is 13.8 Å². The molecule has 0 N–H and O–H groups in total. The van der Waals surface area contributed by atoms with Gasteiger partial charge in [-0.2, -0.15) is 5.26 Å². The van der Waals surface area contributed by atoms with Crippen LogP contribution in [0.2, 0.25) is 0 Å². The van der Waals surface area contributed by atoms with E-state index in [0.29, 0.717) is 0 Å². The molecule has 2 unspecified atom stereocenters. The van der Waals surface area contributed by atoms with Crippen LogP contribution in [-0.4, -0.2) is 13.2 Å². The normalized spacial score (nSPS) is 16.8. The highest BCUT2D eigenvalue weighted by Crippen LogP contribution is 2.02. The summed E-state index contributed by atoms with van der Waals surface area (Å²) in [6, 6.07) is 2.09. The zero-order valence-corrected chi connectivity index (χ0v) is 5.51. The summed E-state index contributed by atoms with van der Waals surface area (Å²) < 4.78 is 4.88. The molecule has 0 aromatic rings. The van der Waals surface area contributed by atoms with Gasteiger partial charge in [-0.05, 0) is 13.8 Å². The second-order valence-corrected chi connectivity index (χ2v) is 1.86. The molecule has 2 nitrogen and oxygen atoms in total. The smallest absolute Gasteiger partial charge is 0.0698 e. The molecule has 0 aromatic carbocycles. The van der Waals surface area contributed by atoms with Gasteiger partial charge in [0.05, 0.1) is 18.1 Å². The van der Waals surface area contributed by atoms with Crippen LogP contribution in [0.5, 0.6) is 0 Å². The van der Waals surface area contributed by atoms with Gasteiger partial charge in [0.25, 0.3) is 0 Å². The Labute approximate surface area is 50.1 Å². The Bertz CT molecular complexity index is 95.2. The highest BCUT2D eigenvalue weighted by atomic mass is 16.5. The standard InChI is InChI=1S/C6H11NO/c1-5(4-7)6(2)8-3/h5-6H,1-3H3. The van der Waals surface area contributed by atoms with Crippen LogP contribution in [0.25, 0.3) is 0 Å². The Morgan fingerprint density at radius 2 is 2.00 bits per heavy atom. The molecule has 0 aliphatic heterocycles. The maximum absolute atomic E-state index is 8.31. The van der Waals surface area contributed by atoms with Crippen molar-refractivity contribution in [2.24, 2.45) is 5.92 Å². The van der Waals surface area contributed by atoms with Gasteiger partial charge in [0, 0.05) is 7.11 Å². The quantitative estimate of drug-likeness (QED) is 0.538. The van der Waals surface area contributed by atoms with E-state index in [1.54, 1.807) is 7.11 Å². The first-order valence-electron chi connectivity index (χ1n) is 2.64. The number of nitrogens with zero attached hydrogens (tertiary/aromatic N) is 1. The van der Waals surface area contributed by atoms with Gasteiger partial charge in [-0.1, -0.05) is 0 Å². The lowest BCUT2D eigenvalue weighted by Crippen LogP contribution is -2.13. The molecule has 0 aliphatic rings. The highest BCUT2D eigenvalue weighted by Gasteiger charge is 2.07. The summed E-state index contributed by atoms with van der Waals surface area (Å²) >= 11 is 0. The lowest BCUT2D eigenvalue weighted by Gasteiger charge is -2.09. The summed E-state index contributed by atoms with van der Waals surface area (Å²) in [4.78, 5) is 0. The lowest BCUT2D eigenvalue weighted by molar-refractivity contribution is 0.0922. The zero-order valence-electron chi connectivity index (χ0n) is 5.51. The van der Waals surface area contributed by atoms with Gasteiger partial charge >= 0.3 is 0 Å². The average molecular weight is 113 g/mol. The molecule has 0 fully saturated rings. The SMILES string of the molecule is COC(C)C(C)C#N.